The predicted octanol–water partition coefficient (Wildman–Crippen LogP) is 7.94. The number of fused-ring (bicyclic) bond motifs is 5. The lowest BCUT2D eigenvalue weighted by atomic mass is 9.48. The zero-order valence-corrected chi connectivity index (χ0v) is 21.0. The van der Waals surface area contributed by atoms with Crippen LogP contribution in [0.1, 0.15) is 110 Å². The van der Waals surface area contributed by atoms with Gasteiger partial charge in [0, 0.05) is 12.7 Å². The van der Waals surface area contributed by atoms with E-state index in [0.717, 1.165) is 53.9 Å². The Labute approximate surface area is 192 Å². The molecule has 2 heteroatoms. The van der Waals surface area contributed by atoms with Crippen molar-refractivity contribution in [2.45, 2.75) is 111 Å². The molecule has 31 heavy (non-hydrogen) atoms. The van der Waals surface area contributed by atoms with Gasteiger partial charge in [0.1, 0.15) is 0 Å². The van der Waals surface area contributed by atoms with Gasteiger partial charge in [-0.2, -0.15) is 5.10 Å². The van der Waals surface area contributed by atoms with E-state index in [0.29, 0.717) is 11.3 Å². The van der Waals surface area contributed by atoms with Crippen molar-refractivity contribution in [1.82, 2.24) is 9.78 Å². The van der Waals surface area contributed by atoms with Crippen molar-refractivity contribution in [3.63, 3.8) is 0 Å². The van der Waals surface area contributed by atoms with Crippen LogP contribution in [0.3, 0.4) is 0 Å². The molecule has 1 aromatic heterocycles. The minimum atomic E-state index is 0.579. The van der Waals surface area contributed by atoms with E-state index in [1.54, 1.807) is 25.7 Å². The number of nitrogens with zero attached hydrogens (tertiary/aromatic N) is 2. The van der Waals surface area contributed by atoms with Crippen LogP contribution in [0.2, 0.25) is 0 Å². The molecule has 0 aromatic carbocycles. The molecular weight excluding hydrogens is 376 g/mol. The van der Waals surface area contributed by atoms with Crippen molar-refractivity contribution in [2.24, 2.45) is 52.8 Å². The van der Waals surface area contributed by atoms with Crippen molar-refractivity contribution >= 4 is 0 Å². The maximum Gasteiger partial charge on any atom is 0.0524 e. The van der Waals surface area contributed by atoms with Gasteiger partial charge in [0.05, 0.1) is 6.20 Å². The number of aromatic nitrogens is 2. The third-order valence-electron chi connectivity index (χ3n) is 11.2. The van der Waals surface area contributed by atoms with E-state index in [-0.39, 0.29) is 0 Å². The van der Waals surface area contributed by atoms with Gasteiger partial charge in [-0.25, -0.2) is 0 Å². The molecule has 1 heterocycles. The summed E-state index contributed by atoms with van der Waals surface area (Å²) in [5.74, 6) is 8.54. The first kappa shape index (κ1) is 22.0. The fraction of sp³-hybridized carbons (Fsp3) is 0.897. The van der Waals surface area contributed by atoms with Crippen LogP contribution in [0.4, 0.5) is 0 Å². The summed E-state index contributed by atoms with van der Waals surface area (Å²) in [5.41, 5.74) is 1.97. The van der Waals surface area contributed by atoms with Crippen LogP contribution < -0.4 is 0 Å². The normalized spacial score (nSPS) is 43.4. The highest BCUT2D eigenvalue weighted by Gasteiger charge is 2.57. The Hall–Kier alpha value is -0.790. The van der Waals surface area contributed by atoms with Gasteiger partial charge < -0.3 is 0 Å². The van der Waals surface area contributed by atoms with Crippen LogP contribution in [0, 0.1) is 52.8 Å². The van der Waals surface area contributed by atoms with Crippen LogP contribution in [-0.2, 0) is 6.54 Å². The Morgan fingerprint density at radius 2 is 1.81 bits per heavy atom. The van der Waals surface area contributed by atoms with Crippen LogP contribution >= 0.6 is 0 Å². The van der Waals surface area contributed by atoms with Crippen molar-refractivity contribution in [3.8, 4) is 0 Å². The van der Waals surface area contributed by atoms with Crippen molar-refractivity contribution in [2.75, 3.05) is 0 Å². The van der Waals surface area contributed by atoms with Gasteiger partial charge in [-0.15, -0.1) is 0 Å². The summed E-state index contributed by atoms with van der Waals surface area (Å²) in [4.78, 5) is 0. The Bertz CT molecular complexity index is 750. The lowest BCUT2D eigenvalue weighted by Crippen LogP contribution is -2.49. The first-order chi connectivity index (χ1) is 14.9. The molecule has 0 aliphatic heterocycles. The molecule has 9 atom stereocenters. The molecule has 0 radical (unpaired) electrons. The van der Waals surface area contributed by atoms with Gasteiger partial charge in [-0.05, 0) is 116 Å². The Kier molecular flexibility index (Phi) is 6.06. The first-order valence-electron chi connectivity index (χ1n) is 13.9. The van der Waals surface area contributed by atoms with E-state index in [4.69, 9.17) is 5.10 Å². The topological polar surface area (TPSA) is 17.8 Å². The fourth-order valence-corrected chi connectivity index (χ4v) is 9.50. The summed E-state index contributed by atoms with van der Waals surface area (Å²) in [6.07, 6.45) is 19.6. The van der Waals surface area contributed by atoms with E-state index >= 15 is 0 Å². The van der Waals surface area contributed by atoms with Gasteiger partial charge >= 0.3 is 0 Å². The molecule has 0 spiro atoms. The summed E-state index contributed by atoms with van der Waals surface area (Å²) in [5, 5.41) is 4.72. The summed E-state index contributed by atoms with van der Waals surface area (Å²) in [6.45, 7) is 13.3. The summed E-state index contributed by atoms with van der Waals surface area (Å²) < 4.78 is 2.25. The van der Waals surface area contributed by atoms with Crippen molar-refractivity contribution in [1.29, 1.82) is 0 Å². The summed E-state index contributed by atoms with van der Waals surface area (Å²) in [7, 11) is 0. The van der Waals surface area contributed by atoms with Gasteiger partial charge in [0.25, 0.3) is 0 Å². The van der Waals surface area contributed by atoms with E-state index in [1.807, 2.05) is 0 Å². The molecule has 0 bridgehead atoms. The largest absolute Gasteiger partial charge is 0.272 e. The van der Waals surface area contributed by atoms with Crippen molar-refractivity contribution in [3.05, 3.63) is 18.0 Å². The SMILES string of the molecule is CCC1CCC2C(CCC3C2CCC2(C)C(C(C)Cn4cc(C(C)C)cn4)CCC32)C1. The molecule has 0 saturated heterocycles. The fourth-order valence-electron chi connectivity index (χ4n) is 9.50. The molecular formula is C29H48N2. The van der Waals surface area contributed by atoms with Gasteiger partial charge in [-0.3, -0.25) is 4.68 Å². The standard InChI is InChI=1S/C29H48N2/c1-6-21-7-9-24-22(15-21)8-10-26-25(24)13-14-29(5)27(11-12-28(26)29)20(4)17-31-18-23(16-30-31)19(2)3/h16,18-22,24-28H,6-15,17H2,1-5H3. The van der Waals surface area contributed by atoms with E-state index in [1.165, 1.54) is 44.1 Å². The lowest BCUT2D eigenvalue weighted by Gasteiger charge is -2.57. The maximum absolute atomic E-state index is 4.72. The highest BCUT2D eigenvalue weighted by molar-refractivity contribution is 5.09. The molecule has 0 N–H and O–H groups in total. The van der Waals surface area contributed by atoms with Crippen LogP contribution in [0.15, 0.2) is 12.4 Å². The van der Waals surface area contributed by atoms with Gasteiger partial charge in [0.2, 0.25) is 0 Å². The van der Waals surface area contributed by atoms with Crippen LogP contribution in [0.5, 0.6) is 0 Å². The number of hydrogen-bond acceptors (Lipinski definition) is 1. The Morgan fingerprint density at radius 1 is 1.00 bits per heavy atom. The summed E-state index contributed by atoms with van der Waals surface area (Å²) in [6, 6.07) is 0. The summed E-state index contributed by atoms with van der Waals surface area (Å²) >= 11 is 0. The molecule has 4 aliphatic rings. The average Bonchev–Trinajstić information content (AvgIpc) is 3.37. The Balaban J connectivity index is 1.27. The molecule has 4 fully saturated rings. The molecule has 9 unspecified atom stereocenters. The highest BCUT2D eigenvalue weighted by atomic mass is 15.3. The average molecular weight is 425 g/mol. The lowest BCUT2D eigenvalue weighted by molar-refractivity contribution is -0.0747. The zero-order valence-electron chi connectivity index (χ0n) is 21.0. The molecule has 4 saturated carbocycles. The Morgan fingerprint density at radius 3 is 2.55 bits per heavy atom. The minimum absolute atomic E-state index is 0.579. The molecule has 0 amide bonds. The molecule has 4 aliphatic carbocycles. The first-order valence-corrected chi connectivity index (χ1v) is 13.9. The minimum Gasteiger partial charge on any atom is -0.272 e. The molecule has 1 aromatic rings. The molecule has 174 valence electrons. The van der Waals surface area contributed by atoms with E-state index in [2.05, 4.69) is 51.7 Å². The smallest absolute Gasteiger partial charge is 0.0524 e. The van der Waals surface area contributed by atoms with Gasteiger partial charge in [-0.1, -0.05) is 47.5 Å². The second-order valence-corrected chi connectivity index (χ2v) is 12.9. The van der Waals surface area contributed by atoms with Crippen LogP contribution in [0.25, 0.3) is 0 Å². The van der Waals surface area contributed by atoms with Gasteiger partial charge in [0.15, 0.2) is 0 Å². The third-order valence-corrected chi connectivity index (χ3v) is 11.2. The van der Waals surface area contributed by atoms with Crippen molar-refractivity contribution < 1.29 is 0 Å². The third kappa shape index (κ3) is 3.82. The van der Waals surface area contributed by atoms with Crippen LogP contribution in [-0.4, -0.2) is 9.78 Å². The molecule has 2 nitrogen and oxygen atoms in total. The number of hydrogen-bond donors (Lipinski definition) is 0. The zero-order chi connectivity index (χ0) is 21.8. The highest BCUT2D eigenvalue weighted by Crippen LogP contribution is 2.65. The maximum atomic E-state index is 4.72. The molecule has 5 rings (SSSR count). The second-order valence-electron chi connectivity index (χ2n) is 12.9. The monoisotopic (exact) mass is 424 g/mol. The quantitative estimate of drug-likeness (QED) is 0.469. The van der Waals surface area contributed by atoms with E-state index in [9.17, 15) is 0 Å². The second kappa shape index (κ2) is 8.53. The van der Waals surface area contributed by atoms with E-state index < -0.39 is 0 Å². The number of rotatable bonds is 5. The predicted molar refractivity (Wildman–Crippen MR) is 130 cm³/mol.